The Morgan fingerprint density at radius 3 is 2.79 bits per heavy atom. The minimum atomic E-state index is -0.109. The summed E-state index contributed by atoms with van der Waals surface area (Å²) in [5.74, 6) is -0.0773. The first-order chi connectivity index (χ1) is 9.06. The van der Waals surface area contributed by atoms with Crippen molar-refractivity contribution in [3.63, 3.8) is 0 Å². The van der Waals surface area contributed by atoms with Crippen LogP contribution in [-0.2, 0) is 11.3 Å². The second-order valence-electron chi connectivity index (χ2n) is 5.18. The molecule has 1 heterocycles. The van der Waals surface area contributed by atoms with Crippen LogP contribution in [0.1, 0.15) is 37.7 Å². The summed E-state index contributed by atoms with van der Waals surface area (Å²) >= 11 is 3.34. The van der Waals surface area contributed by atoms with Crippen LogP contribution >= 0.6 is 15.9 Å². The molecule has 5 heteroatoms. The second kappa shape index (κ2) is 6.37. The Morgan fingerprint density at radius 1 is 1.42 bits per heavy atom. The minimum Gasteiger partial charge on any atom is -0.352 e. The number of carbonyl (C=O) groups excluding carboxylic acids is 1. The number of hydrogen-bond acceptors (Lipinski definition) is 2. The SMILES string of the molecule is Cc1cc(Br)cn(CC(=O)NC2CCCCC2)c1=O. The van der Waals surface area contributed by atoms with E-state index < -0.39 is 0 Å². The molecule has 0 atom stereocenters. The highest BCUT2D eigenvalue weighted by Crippen LogP contribution is 2.17. The second-order valence-corrected chi connectivity index (χ2v) is 6.09. The number of carbonyl (C=O) groups is 1. The molecule has 1 saturated carbocycles. The summed E-state index contributed by atoms with van der Waals surface area (Å²) in [6, 6.07) is 2.04. The zero-order chi connectivity index (χ0) is 13.8. The highest BCUT2D eigenvalue weighted by Gasteiger charge is 2.16. The molecule has 1 aromatic heterocycles. The van der Waals surface area contributed by atoms with Gasteiger partial charge in [0.15, 0.2) is 0 Å². The van der Waals surface area contributed by atoms with Crippen LogP contribution < -0.4 is 10.9 Å². The van der Waals surface area contributed by atoms with Crippen molar-refractivity contribution in [1.29, 1.82) is 0 Å². The first-order valence-corrected chi connectivity index (χ1v) is 7.51. The van der Waals surface area contributed by atoms with Crippen molar-refractivity contribution in [2.45, 2.75) is 51.6 Å². The van der Waals surface area contributed by atoms with Crippen molar-refractivity contribution < 1.29 is 4.79 Å². The molecule has 1 amide bonds. The van der Waals surface area contributed by atoms with Crippen LogP contribution in [0.4, 0.5) is 0 Å². The third-order valence-electron chi connectivity index (χ3n) is 3.52. The third kappa shape index (κ3) is 3.93. The summed E-state index contributed by atoms with van der Waals surface area (Å²) in [6.45, 7) is 1.85. The van der Waals surface area contributed by atoms with E-state index in [0.29, 0.717) is 5.56 Å². The molecular formula is C14H19BrN2O2. The zero-order valence-electron chi connectivity index (χ0n) is 11.1. The monoisotopic (exact) mass is 326 g/mol. The molecule has 2 rings (SSSR count). The quantitative estimate of drug-likeness (QED) is 0.927. The summed E-state index contributed by atoms with van der Waals surface area (Å²) in [5.41, 5.74) is 0.529. The summed E-state index contributed by atoms with van der Waals surface area (Å²) in [6.07, 6.45) is 7.39. The molecule has 0 saturated heterocycles. The molecular weight excluding hydrogens is 308 g/mol. The highest BCUT2D eigenvalue weighted by atomic mass is 79.9. The fraction of sp³-hybridized carbons (Fsp3) is 0.571. The molecule has 0 unspecified atom stereocenters. The molecule has 0 bridgehead atoms. The van der Waals surface area contributed by atoms with E-state index in [1.807, 2.05) is 0 Å². The Kier molecular flexibility index (Phi) is 4.80. The maximum Gasteiger partial charge on any atom is 0.253 e. The van der Waals surface area contributed by atoms with Gasteiger partial charge >= 0.3 is 0 Å². The number of amides is 1. The van der Waals surface area contributed by atoms with Gasteiger partial charge in [0.05, 0.1) is 0 Å². The molecule has 1 aromatic rings. The minimum absolute atomic E-state index is 0.0773. The molecule has 1 fully saturated rings. The third-order valence-corrected chi connectivity index (χ3v) is 3.95. The van der Waals surface area contributed by atoms with E-state index in [2.05, 4.69) is 21.2 Å². The molecule has 0 aromatic carbocycles. The van der Waals surface area contributed by atoms with Gasteiger partial charge in [0.2, 0.25) is 5.91 Å². The van der Waals surface area contributed by atoms with Crippen molar-refractivity contribution in [2.24, 2.45) is 0 Å². The van der Waals surface area contributed by atoms with Crippen molar-refractivity contribution in [1.82, 2.24) is 9.88 Å². The summed E-state index contributed by atoms with van der Waals surface area (Å²) in [5, 5.41) is 3.02. The largest absolute Gasteiger partial charge is 0.352 e. The normalized spacial score (nSPS) is 16.3. The number of nitrogens with zero attached hydrogens (tertiary/aromatic N) is 1. The lowest BCUT2D eigenvalue weighted by atomic mass is 9.95. The van der Waals surface area contributed by atoms with Crippen LogP contribution in [0.25, 0.3) is 0 Å². The van der Waals surface area contributed by atoms with Gasteiger partial charge in [-0.2, -0.15) is 0 Å². The average molecular weight is 327 g/mol. The van der Waals surface area contributed by atoms with Crippen molar-refractivity contribution in [3.8, 4) is 0 Å². The van der Waals surface area contributed by atoms with Gasteiger partial charge in [-0.05, 0) is 41.8 Å². The maximum absolute atomic E-state index is 12.0. The van der Waals surface area contributed by atoms with Crippen LogP contribution in [-0.4, -0.2) is 16.5 Å². The lowest BCUT2D eigenvalue weighted by molar-refractivity contribution is -0.122. The Bertz CT molecular complexity index is 519. The van der Waals surface area contributed by atoms with E-state index in [0.717, 1.165) is 17.3 Å². The molecule has 1 N–H and O–H groups in total. The number of halogens is 1. The van der Waals surface area contributed by atoms with Gasteiger partial charge in [-0.1, -0.05) is 19.3 Å². The van der Waals surface area contributed by atoms with E-state index in [4.69, 9.17) is 0 Å². The summed E-state index contributed by atoms with van der Waals surface area (Å²) in [7, 11) is 0. The Hall–Kier alpha value is -1.10. The van der Waals surface area contributed by atoms with E-state index in [9.17, 15) is 9.59 Å². The number of nitrogens with one attached hydrogen (secondary N) is 1. The Morgan fingerprint density at radius 2 is 2.11 bits per heavy atom. The predicted octanol–water partition coefficient (Wildman–Crippen LogP) is 2.37. The van der Waals surface area contributed by atoms with E-state index >= 15 is 0 Å². The smallest absolute Gasteiger partial charge is 0.253 e. The lowest BCUT2D eigenvalue weighted by Crippen LogP contribution is -2.40. The van der Waals surface area contributed by atoms with E-state index in [1.54, 1.807) is 19.2 Å². The number of pyridine rings is 1. The van der Waals surface area contributed by atoms with Crippen LogP contribution in [0.3, 0.4) is 0 Å². The molecule has 1 aliphatic rings. The lowest BCUT2D eigenvalue weighted by Gasteiger charge is -2.23. The van der Waals surface area contributed by atoms with Crippen LogP contribution in [0, 0.1) is 6.92 Å². The van der Waals surface area contributed by atoms with Gasteiger partial charge < -0.3 is 9.88 Å². The molecule has 0 aliphatic heterocycles. The van der Waals surface area contributed by atoms with Crippen LogP contribution in [0.2, 0.25) is 0 Å². The van der Waals surface area contributed by atoms with E-state index in [-0.39, 0.29) is 24.1 Å². The van der Waals surface area contributed by atoms with E-state index in [1.165, 1.54) is 23.8 Å². The number of rotatable bonds is 3. The van der Waals surface area contributed by atoms with Crippen molar-refractivity contribution >= 4 is 21.8 Å². The van der Waals surface area contributed by atoms with Crippen LogP contribution in [0.15, 0.2) is 21.5 Å². The fourth-order valence-electron chi connectivity index (χ4n) is 2.53. The van der Waals surface area contributed by atoms with Crippen molar-refractivity contribution in [3.05, 3.63) is 32.7 Å². The first-order valence-electron chi connectivity index (χ1n) is 6.72. The van der Waals surface area contributed by atoms with Crippen molar-refractivity contribution in [2.75, 3.05) is 0 Å². The molecule has 4 nitrogen and oxygen atoms in total. The predicted molar refractivity (Wildman–Crippen MR) is 78.2 cm³/mol. The van der Waals surface area contributed by atoms with Crippen LogP contribution in [0.5, 0.6) is 0 Å². The standard InChI is InChI=1S/C14H19BrN2O2/c1-10-7-11(15)8-17(14(10)19)9-13(18)16-12-5-3-2-4-6-12/h7-8,12H,2-6,9H2,1H3,(H,16,18). The Balaban J connectivity index is 2.00. The molecule has 0 spiro atoms. The highest BCUT2D eigenvalue weighted by molar-refractivity contribution is 9.10. The first kappa shape index (κ1) is 14.3. The van der Waals surface area contributed by atoms with Gasteiger partial charge in [0.1, 0.15) is 6.54 Å². The van der Waals surface area contributed by atoms with Gasteiger partial charge in [-0.25, -0.2) is 0 Å². The average Bonchev–Trinajstić information content (AvgIpc) is 2.36. The number of aryl methyl sites for hydroxylation is 1. The molecule has 0 radical (unpaired) electrons. The van der Waals surface area contributed by atoms with Gasteiger partial charge in [-0.15, -0.1) is 0 Å². The van der Waals surface area contributed by atoms with Gasteiger partial charge in [-0.3, -0.25) is 9.59 Å². The molecule has 1 aliphatic carbocycles. The topological polar surface area (TPSA) is 51.1 Å². The summed E-state index contributed by atoms with van der Waals surface area (Å²) in [4.78, 5) is 23.9. The van der Waals surface area contributed by atoms with Gasteiger partial charge in [0.25, 0.3) is 5.56 Å². The molecule has 104 valence electrons. The maximum atomic E-state index is 12.0. The van der Waals surface area contributed by atoms with Gasteiger partial charge in [0, 0.05) is 22.3 Å². The number of hydrogen-bond donors (Lipinski definition) is 1. The fourth-order valence-corrected chi connectivity index (χ4v) is 3.12. The zero-order valence-corrected chi connectivity index (χ0v) is 12.7. The number of aromatic nitrogens is 1. The molecule has 19 heavy (non-hydrogen) atoms. The summed E-state index contributed by atoms with van der Waals surface area (Å²) < 4.78 is 2.27. The Labute approximate surface area is 121 Å².